The lowest BCUT2D eigenvalue weighted by Crippen LogP contribution is -1.98. The van der Waals surface area contributed by atoms with Crippen LogP contribution in [0.2, 0.25) is 0 Å². The van der Waals surface area contributed by atoms with Crippen LogP contribution in [0.5, 0.6) is 0 Å². The van der Waals surface area contributed by atoms with Crippen LogP contribution in [0.4, 0.5) is 0 Å². The normalized spacial score (nSPS) is 9.90. The summed E-state index contributed by atoms with van der Waals surface area (Å²) in [7, 11) is -3.36. The zero-order valence-electron chi connectivity index (χ0n) is 11.4. The van der Waals surface area contributed by atoms with E-state index in [2.05, 4.69) is 17.6 Å². The minimum absolute atomic E-state index is 0.211. The van der Waals surface area contributed by atoms with Crippen LogP contribution < -0.4 is 0 Å². The Labute approximate surface area is 125 Å². The van der Waals surface area contributed by atoms with Crippen molar-refractivity contribution in [3.63, 3.8) is 0 Å². The highest BCUT2D eigenvalue weighted by Crippen LogP contribution is 2.00. The van der Waals surface area contributed by atoms with Gasteiger partial charge < -0.3 is 0 Å². The fraction of sp³-hybridized carbons (Fsp3) is 0.0556. The van der Waals surface area contributed by atoms with Gasteiger partial charge in [-0.25, -0.2) is 8.42 Å². The molecule has 21 heavy (non-hydrogen) atoms. The summed E-state index contributed by atoms with van der Waals surface area (Å²) in [5.74, 6) is 5.28. The molecule has 0 saturated carbocycles. The summed E-state index contributed by atoms with van der Waals surface area (Å²) in [6, 6.07) is 18.7. The van der Waals surface area contributed by atoms with Crippen LogP contribution in [0.1, 0.15) is 11.1 Å². The number of benzene rings is 2. The van der Waals surface area contributed by atoms with Gasteiger partial charge in [0.1, 0.15) is 5.75 Å². The van der Waals surface area contributed by atoms with E-state index in [0.717, 1.165) is 16.5 Å². The van der Waals surface area contributed by atoms with Gasteiger partial charge in [-0.1, -0.05) is 60.4 Å². The van der Waals surface area contributed by atoms with Crippen molar-refractivity contribution >= 4 is 15.9 Å². The van der Waals surface area contributed by atoms with Gasteiger partial charge in [0.2, 0.25) is 0 Å². The third kappa shape index (κ3) is 5.54. The summed E-state index contributed by atoms with van der Waals surface area (Å²) in [5, 5.41) is 1.07. The van der Waals surface area contributed by atoms with Crippen LogP contribution in [0, 0.1) is 11.8 Å². The molecule has 104 valence electrons. The van der Waals surface area contributed by atoms with Crippen LogP contribution in [0.15, 0.2) is 71.8 Å². The molecular weight excluding hydrogens is 280 g/mol. The largest absolute Gasteiger partial charge is 0.223 e. The molecule has 2 aromatic carbocycles. The molecule has 2 aromatic rings. The highest BCUT2D eigenvalue weighted by Gasteiger charge is 2.01. The lowest BCUT2D eigenvalue weighted by atomic mass is 10.2. The van der Waals surface area contributed by atoms with E-state index in [1.54, 1.807) is 6.08 Å². The van der Waals surface area contributed by atoms with Gasteiger partial charge in [0.15, 0.2) is 9.84 Å². The molecule has 0 unspecified atom stereocenters. The van der Waals surface area contributed by atoms with Gasteiger partial charge in [0.25, 0.3) is 0 Å². The summed E-state index contributed by atoms with van der Waals surface area (Å²) in [6.07, 6.45) is 1.63. The maximum Gasteiger partial charge on any atom is 0.190 e. The van der Waals surface area contributed by atoms with Gasteiger partial charge >= 0.3 is 0 Å². The smallest absolute Gasteiger partial charge is 0.190 e. The first-order valence-corrected chi connectivity index (χ1v) is 8.11. The van der Waals surface area contributed by atoms with Crippen molar-refractivity contribution in [1.82, 2.24) is 0 Å². The fourth-order valence-corrected chi connectivity index (χ4v) is 2.22. The molecule has 0 atom stereocenters. The molecular formula is C18H14O2S. The van der Waals surface area contributed by atoms with Crippen molar-refractivity contribution in [3.8, 4) is 11.8 Å². The zero-order chi connectivity index (χ0) is 15.0. The molecule has 0 spiro atoms. The molecule has 2 rings (SSSR count). The van der Waals surface area contributed by atoms with Crippen molar-refractivity contribution in [2.24, 2.45) is 0 Å². The molecule has 0 aliphatic rings. The zero-order valence-corrected chi connectivity index (χ0v) is 12.2. The van der Waals surface area contributed by atoms with E-state index in [4.69, 9.17) is 0 Å². The van der Waals surface area contributed by atoms with Crippen molar-refractivity contribution in [2.75, 3.05) is 5.75 Å². The van der Waals surface area contributed by atoms with Crippen molar-refractivity contribution in [1.29, 1.82) is 0 Å². The second-order valence-corrected chi connectivity index (χ2v) is 6.16. The average molecular weight is 294 g/mol. The first-order chi connectivity index (χ1) is 10.2. The van der Waals surface area contributed by atoms with Gasteiger partial charge in [-0.05, 0) is 23.8 Å². The van der Waals surface area contributed by atoms with E-state index in [-0.39, 0.29) is 5.75 Å². The molecule has 3 heteroatoms. The third-order valence-electron chi connectivity index (χ3n) is 2.58. The summed E-state index contributed by atoms with van der Waals surface area (Å²) in [5.41, 5.74) is 4.39. The van der Waals surface area contributed by atoms with Crippen molar-refractivity contribution < 1.29 is 8.42 Å². The number of hydrogen-bond donors (Lipinski definition) is 0. The molecule has 0 saturated heterocycles. The predicted molar refractivity (Wildman–Crippen MR) is 86.1 cm³/mol. The van der Waals surface area contributed by atoms with E-state index >= 15 is 0 Å². The van der Waals surface area contributed by atoms with E-state index in [9.17, 15) is 8.42 Å². The lowest BCUT2D eigenvalue weighted by molar-refractivity contribution is 0.608. The van der Waals surface area contributed by atoms with Crippen LogP contribution in [-0.4, -0.2) is 14.2 Å². The Morgan fingerprint density at radius 3 is 2.19 bits per heavy atom. The molecule has 0 bridgehead atoms. The molecule has 0 N–H and O–H groups in total. The average Bonchev–Trinajstić information content (AvgIpc) is 2.49. The number of hydrogen-bond acceptors (Lipinski definition) is 2. The number of sulfone groups is 1. The Balaban J connectivity index is 2.03. The Hall–Kier alpha value is -2.53. The van der Waals surface area contributed by atoms with Crippen molar-refractivity contribution in [2.45, 2.75) is 0 Å². The Morgan fingerprint density at radius 2 is 1.52 bits per heavy atom. The maximum absolute atomic E-state index is 11.8. The Bertz CT molecular complexity index is 802. The lowest BCUT2D eigenvalue weighted by Gasteiger charge is -1.89. The Morgan fingerprint density at radius 1 is 0.905 bits per heavy atom. The fourth-order valence-electron chi connectivity index (χ4n) is 1.59. The number of rotatable bonds is 3. The quantitative estimate of drug-likeness (QED) is 0.643. The van der Waals surface area contributed by atoms with Gasteiger partial charge in [0.05, 0.1) is 5.41 Å². The summed E-state index contributed by atoms with van der Waals surface area (Å²) in [4.78, 5) is 0. The van der Waals surface area contributed by atoms with Crippen LogP contribution >= 0.6 is 0 Å². The Kier molecular flexibility index (Phi) is 5.17. The maximum atomic E-state index is 11.8. The van der Waals surface area contributed by atoms with E-state index < -0.39 is 9.84 Å². The summed E-state index contributed by atoms with van der Waals surface area (Å²) < 4.78 is 23.5. The third-order valence-corrected chi connectivity index (χ3v) is 3.62. The molecule has 0 fully saturated rings. The molecule has 0 amide bonds. The minimum atomic E-state index is -3.36. The summed E-state index contributed by atoms with van der Waals surface area (Å²) in [6.45, 7) is 0. The molecule has 0 aliphatic carbocycles. The molecule has 0 radical (unpaired) electrons. The highest BCUT2D eigenvalue weighted by atomic mass is 32.2. The molecule has 0 heterocycles. The topological polar surface area (TPSA) is 34.1 Å². The molecule has 0 aromatic heterocycles. The van der Waals surface area contributed by atoms with Gasteiger partial charge in [-0.15, -0.1) is 5.73 Å². The minimum Gasteiger partial charge on any atom is -0.223 e. The first-order valence-electron chi connectivity index (χ1n) is 6.40. The predicted octanol–water partition coefficient (Wildman–Crippen LogP) is 3.28. The van der Waals surface area contributed by atoms with Gasteiger partial charge in [-0.2, -0.15) is 0 Å². The molecule has 0 aliphatic heterocycles. The monoisotopic (exact) mass is 294 g/mol. The second-order valence-electron chi connectivity index (χ2n) is 4.31. The van der Waals surface area contributed by atoms with Gasteiger partial charge in [0, 0.05) is 5.56 Å². The summed E-state index contributed by atoms with van der Waals surface area (Å²) >= 11 is 0. The first kappa shape index (κ1) is 14.9. The SMILES string of the molecule is O=S(=O)(C=C=Cc1ccccc1)CC#Cc1ccccc1. The van der Waals surface area contributed by atoms with E-state index in [0.29, 0.717) is 0 Å². The highest BCUT2D eigenvalue weighted by molar-refractivity contribution is 7.94. The van der Waals surface area contributed by atoms with Crippen LogP contribution in [0.3, 0.4) is 0 Å². The van der Waals surface area contributed by atoms with Gasteiger partial charge in [-0.3, -0.25) is 0 Å². The van der Waals surface area contributed by atoms with Crippen molar-refractivity contribution in [3.05, 3.63) is 82.9 Å². The second kappa shape index (κ2) is 7.31. The molecule has 2 nitrogen and oxygen atoms in total. The van der Waals surface area contributed by atoms with Crippen LogP contribution in [-0.2, 0) is 9.84 Å². The standard InChI is InChI=1S/C18H14O2S/c19-21(20,15-7-13-17-9-3-1-4-10-17)16-8-14-18-11-5-2-6-12-18/h1-6,9-13,15H,16H2. The van der Waals surface area contributed by atoms with Crippen LogP contribution in [0.25, 0.3) is 6.08 Å². The van der Waals surface area contributed by atoms with E-state index in [1.165, 1.54) is 0 Å². The van der Waals surface area contributed by atoms with E-state index in [1.807, 2.05) is 60.7 Å².